The maximum Gasteiger partial charge on any atom is 0.280 e. The van der Waals surface area contributed by atoms with Crippen LogP contribution in [0.3, 0.4) is 0 Å². The molecular formula is C12H8ClN5O. The lowest BCUT2D eigenvalue weighted by Crippen LogP contribution is -1.96. The Hall–Kier alpha value is -2.47. The van der Waals surface area contributed by atoms with Crippen molar-refractivity contribution in [2.24, 2.45) is 0 Å². The molecule has 0 aliphatic heterocycles. The molecule has 0 bridgehead atoms. The molecule has 7 heteroatoms. The molecule has 0 spiro atoms. The van der Waals surface area contributed by atoms with Gasteiger partial charge >= 0.3 is 0 Å². The largest absolute Gasteiger partial charge is 0.382 e. The monoisotopic (exact) mass is 273 g/mol. The second-order valence-electron chi connectivity index (χ2n) is 3.72. The third-order valence-corrected chi connectivity index (χ3v) is 2.67. The second-order valence-corrected chi connectivity index (χ2v) is 4.16. The Morgan fingerprint density at radius 3 is 2.79 bits per heavy atom. The second kappa shape index (κ2) is 4.66. The predicted octanol–water partition coefficient (Wildman–Crippen LogP) is 2.43. The van der Waals surface area contributed by atoms with Crippen molar-refractivity contribution in [1.82, 2.24) is 20.1 Å². The minimum atomic E-state index is 0.223. The van der Waals surface area contributed by atoms with Crippen molar-refractivity contribution in [3.63, 3.8) is 0 Å². The van der Waals surface area contributed by atoms with Gasteiger partial charge in [-0.2, -0.15) is 4.98 Å². The maximum atomic E-state index is 5.92. The number of nitrogen functional groups attached to an aromatic ring is 1. The lowest BCUT2D eigenvalue weighted by atomic mass is 10.2. The Morgan fingerprint density at radius 1 is 1.16 bits per heavy atom. The van der Waals surface area contributed by atoms with Crippen LogP contribution in [0.4, 0.5) is 5.82 Å². The highest BCUT2D eigenvalue weighted by atomic mass is 35.5. The first kappa shape index (κ1) is 11.6. The number of benzene rings is 1. The van der Waals surface area contributed by atoms with E-state index in [0.717, 1.165) is 5.56 Å². The molecule has 0 fully saturated rings. The Morgan fingerprint density at radius 2 is 2.00 bits per heavy atom. The quantitative estimate of drug-likeness (QED) is 0.771. The van der Waals surface area contributed by atoms with Crippen LogP contribution in [0.2, 0.25) is 5.02 Å². The van der Waals surface area contributed by atoms with Crippen molar-refractivity contribution in [2.75, 3.05) is 5.73 Å². The Kier molecular flexibility index (Phi) is 2.85. The molecule has 94 valence electrons. The molecule has 1 aromatic carbocycles. The molecule has 0 radical (unpaired) electrons. The molecule has 0 atom stereocenters. The van der Waals surface area contributed by atoms with Crippen LogP contribution in [0.5, 0.6) is 0 Å². The average Bonchev–Trinajstić information content (AvgIpc) is 2.89. The molecule has 2 N–H and O–H groups in total. The van der Waals surface area contributed by atoms with E-state index >= 15 is 0 Å². The van der Waals surface area contributed by atoms with Gasteiger partial charge in [-0.1, -0.05) is 28.9 Å². The van der Waals surface area contributed by atoms with Crippen LogP contribution in [0.15, 0.2) is 41.2 Å². The minimum Gasteiger partial charge on any atom is -0.382 e. The van der Waals surface area contributed by atoms with Gasteiger partial charge in [0, 0.05) is 23.0 Å². The standard InChI is InChI=1S/C12H8ClN5O/c13-8-3-1-2-7(6-8)11-17-12(19-18-11)9-10(14)16-5-4-15-9/h1-6H,(H2,14,16). The maximum absolute atomic E-state index is 5.92. The van der Waals surface area contributed by atoms with Crippen LogP contribution in [0, 0.1) is 0 Å². The van der Waals surface area contributed by atoms with Crippen LogP contribution >= 0.6 is 11.6 Å². The van der Waals surface area contributed by atoms with Gasteiger partial charge in [-0.05, 0) is 12.1 Å². The first-order valence-corrected chi connectivity index (χ1v) is 5.78. The Balaban J connectivity index is 2.03. The average molecular weight is 274 g/mol. The smallest absolute Gasteiger partial charge is 0.280 e. The van der Waals surface area contributed by atoms with Crippen LogP contribution in [0.25, 0.3) is 23.0 Å². The van der Waals surface area contributed by atoms with Crippen molar-refractivity contribution >= 4 is 17.4 Å². The molecule has 6 nitrogen and oxygen atoms in total. The molecule has 2 heterocycles. The molecule has 3 aromatic rings. The van der Waals surface area contributed by atoms with E-state index in [2.05, 4.69) is 20.1 Å². The fourth-order valence-corrected chi connectivity index (χ4v) is 1.77. The third kappa shape index (κ3) is 2.25. The molecule has 2 aromatic heterocycles. The van der Waals surface area contributed by atoms with E-state index in [-0.39, 0.29) is 11.7 Å². The van der Waals surface area contributed by atoms with Crippen LogP contribution in [0.1, 0.15) is 0 Å². The normalized spacial score (nSPS) is 10.6. The van der Waals surface area contributed by atoms with Gasteiger partial charge in [0.2, 0.25) is 5.82 Å². The Labute approximate surface area is 113 Å². The zero-order valence-corrected chi connectivity index (χ0v) is 10.4. The number of hydrogen-bond donors (Lipinski definition) is 1. The number of aromatic nitrogens is 4. The van der Waals surface area contributed by atoms with Crippen molar-refractivity contribution in [3.8, 4) is 23.0 Å². The summed E-state index contributed by atoms with van der Waals surface area (Å²) < 4.78 is 5.14. The number of hydrogen-bond acceptors (Lipinski definition) is 6. The molecule has 0 saturated carbocycles. The lowest BCUT2D eigenvalue weighted by Gasteiger charge is -1.96. The number of anilines is 1. The van der Waals surface area contributed by atoms with Gasteiger partial charge in [0.15, 0.2) is 11.5 Å². The topological polar surface area (TPSA) is 90.7 Å². The van der Waals surface area contributed by atoms with Gasteiger partial charge < -0.3 is 10.3 Å². The summed E-state index contributed by atoms with van der Waals surface area (Å²) in [6.45, 7) is 0. The summed E-state index contributed by atoms with van der Waals surface area (Å²) in [5.74, 6) is 0.881. The summed E-state index contributed by atoms with van der Waals surface area (Å²) in [5, 5.41) is 4.48. The van der Waals surface area contributed by atoms with Crippen LogP contribution in [-0.2, 0) is 0 Å². The van der Waals surface area contributed by atoms with Gasteiger partial charge in [0.1, 0.15) is 0 Å². The van der Waals surface area contributed by atoms with E-state index in [1.54, 1.807) is 12.1 Å². The zero-order chi connectivity index (χ0) is 13.2. The summed E-state index contributed by atoms with van der Waals surface area (Å²) in [4.78, 5) is 12.2. The van der Waals surface area contributed by atoms with E-state index in [9.17, 15) is 0 Å². The fraction of sp³-hybridized carbons (Fsp3) is 0. The first-order valence-electron chi connectivity index (χ1n) is 5.40. The molecule has 19 heavy (non-hydrogen) atoms. The van der Waals surface area contributed by atoms with Crippen molar-refractivity contribution < 1.29 is 4.52 Å². The fourth-order valence-electron chi connectivity index (χ4n) is 1.58. The third-order valence-electron chi connectivity index (χ3n) is 2.44. The summed E-state index contributed by atoms with van der Waals surface area (Å²) in [7, 11) is 0. The van der Waals surface area contributed by atoms with Gasteiger partial charge in [0.05, 0.1) is 0 Å². The summed E-state index contributed by atoms with van der Waals surface area (Å²) in [5.41, 5.74) is 6.82. The van der Waals surface area contributed by atoms with E-state index < -0.39 is 0 Å². The minimum absolute atomic E-state index is 0.223. The molecule has 0 aliphatic rings. The van der Waals surface area contributed by atoms with Crippen molar-refractivity contribution in [2.45, 2.75) is 0 Å². The van der Waals surface area contributed by atoms with E-state index in [0.29, 0.717) is 16.5 Å². The van der Waals surface area contributed by atoms with E-state index in [1.807, 2.05) is 12.1 Å². The molecule has 0 amide bonds. The number of halogens is 1. The lowest BCUT2D eigenvalue weighted by molar-refractivity contribution is 0.431. The van der Waals surface area contributed by atoms with Crippen LogP contribution in [-0.4, -0.2) is 20.1 Å². The highest BCUT2D eigenvalue weighted by Crippen LogP contribution is 2.24. The number of nitrogens with zero attached hydrogens (tertiary/aromatic N) is 4. The predicted molar refractivity (Wildman–Crippen MR) is 70.2 cm³/mol. The number of rotatable bonds is 2. The number of nitrogens with two attached hydrogens (primary N) is 1. The zero-order valence-electron chi connectivity index (χ0n) is 9.62. The van der Waals surface area contributed by atoms with Gasteiger partial charge in [-0.15, -0.1) is 0 Å². The summed E-state index contributed by atoms with van der Waals surface area (Å²) in [6, 6.07) is 7.16. The first-order chi connectivity index (χ1) is 9.24. The van der Waals surface area contributed by atoms with E-state index in [1.165, 1.54) is 12.4 Å². The summed E-state index contributed by atoms with van der Waals surface area (Å²) in [6.07, 6.45) is 3.00. The van der Waals surface area contributed by atoms with Gasteiger partial charge in [-0.25, -0.2) is 9.97 Å². The highest BCUT2D eigenvalue weighted by molar-refractivity contribution is 6.30. The molecule has 0 unspecified atom stereocenters. The highest BCUT2D eigenvalue weighted by Gasteiger charge is 2.14. The van der Waals surface area contributed by atoms with Crippen molar-refractivity contribution in [3.05, 3.63) is 41.7 Å². The van der Waals surface area contributed by atoms with E-state index in [4.69, 9.17) is 21.9 Å². The Bertz CT molecular complexity index is 727. The molecular weight excluding hydrogens is 266 g/mol. The molecule has 3 rings (SSSR count). The SMILES string of the molecule is Nc1nccnc1-c1nc(-c2cccc(Cl)c2)no1. The summed E-state index contributed by atoms with van der Waals surface area (Å²) >= 11 is 5.92. The molecule has 0 aliphatic carbocycles. The van der Waals surface area contributed by atoms with Gasteiger partial charge in [-0.3, -0.25) is 0 Å². The van der Waals surface area contributed by atoms with Crippen LogP contribution < -0.4 is 5.73 Å². The van der Waals surface area contributed by atoms with Gasteiger partial charge in [0.25, 0.3) is 5.89 Å². The molecule has 0 saturated heterocycles. The van der Waals surface area contributed by atoms with Crippen molar-refractivity contribution in [1.29, 1.82) is 0 Å².